The Morgan fingerprint density at radius 1 is 1.43 bits per heavy atom. The molecule has 1 nitrogen and oxygen atoms in total. The Kier molecular flexibility index (Phi) is 4.63. The average molecular weight is 211 g/mol. The van der Waals surface area contributed by atoms with Crippen molar-refractivity contribution in [3.05, 3.63) is 21.9 Å². The lowest BCUT2D eigenvalue weighted by Crippen LogP contribution is -2.26. The summed E-state index contributed by atoms with van der Waals surface area (Å²) in [5, 5.41) is 5.75. The minimum atomic E-state index is 0.621. The van der Waals surface area contributed by atoms with Crippen molar-refractivity contribution in [2.75, 3.05) is 6.54 Å². The monoisotopic (exact) mass is 211 g/mol. The second-order valence-electron chi connectivity index (χ2n) is 4.09. The molecule has 0 amide bonds. The normalized spacial score (nSPS) is 15.4. The fourth-order valence-corrected chi connectivity index (χ4v) is 2.65. The maximum Gasteiger partial charge on any atom is 0.00443 e. The largest absolute Gasteiger partial charge is 0.315 e. The van der Waals surface area contributed by atoms with E-state index in [1.54, 1.807) is 0 Å². The van der Waals surface area contributed by atoms with Crippen LogP contribution in [0.1, 0.15) is 43.6 Å². The third-order valence-electron chi connectivity index (χ3n) is 2.58. The zero-order valence-electron chi connectivity index (χ0n) is 9.63. The van der Waals surface area contributed by atoms with Crippen LogP contribution in [0.4, 0.5) is 0 Å². The van der Waals surface area contributed by atoms with Crippen LogP contribution in [0.15, 0.2) is 11.4 Å². The van der Waals surface area contributed by atoms with Crippen molar-refractivity contribution in [2.24, 2.45) is 0 Å². The maximum absolute atomic E-state index is 3.46. The molecule has 0 saturated carbocycles. The molecule has 1 aromatic heterocycles. The Morgan fingerprint density at radius 2 is 2.14 bits per heavy atom. The summed E-state index contributed by atoms with van der Waals surface area (Å²) in [5.74, 6) is 0.675. The molecule has 0 aliphatic heterocycles. The van der Waals surface area contributed by atoms with Crippen molar-refractivity contribution in [3.63, 3.8) is 0 Å². The number of nitrogens with one attached hydrogen (secondary N) is 1. The van der Waals surface area contributed by atoms with E-state index in [1.807, 2.05) is 11.3 Å². The molecule has 0 aromatic carbocycles. The van der Waals surface area contributed by atoms with E-state index in [-0.39, 0.29) is 0 Å². The maximum atomic E-state index is 3.46. The molecule has 14 heavy (non-hydrogen) atoms. The van der Waals surface area contributed by atoms with Crippen molar-refractivity contribution in [1.82, 2.24) is 5.32 Å². The van der Waals surface area contributed by atoms with Crippen LogP contribution in [0.25, 0.3) is 0 Å². The van der Waals surface area contributed by atoms with E-state index in [0.717, 1.165) is 6.54 Å². The molecule has 0 spiro atoms. The van der Waals surface area contributed by atoms with Gasteiger partial charge in [-0.1, -0.05) is 13.8 Å². The summed E-state index contributed by atoms with van der Waals surface area (Å²) in [4.78, 5) is 1.42. The van der Waals surface area contributed by atoms with Gasteiger partial charge < -0.3 is 5.32 Å². The van der Waals surface area contributed by atoms with Gasteiger partial charge >= 0.3 is 0 Å². The summed E-state index contributed by atoms with van der Waals surface area (Å²) >= 11 is 1.85. The molecule has 2 heteroatoms. The summed E-state index contributed by atoms with van der Waals surface area (Å²) in [7, 11) is 0. The first-order valence-corrected chi connectivity index (χ1v) is 6.29. The smallest absolute Gasteiger partial charge is 0.00443 e. The molecule has 2 atom stereocenters. The highest BCUT2D eigenvalue weighted by atomic mass is 32.1. The number of thiophene rings is 1. The van der Waals surface area contributed by atoms with Gasteiger partial charge in [0.15, 0.2) is 0 Å². The predicted molar refractivity (Wildman–Crippen MR) is 65.2 cm³/mol. The van der Waals surface area contributed by atoms with Gasteiger partial charge in [-0.05, 0) is 49.7 Å². The highest BCUT2D eigenvalue weighted by Crippen LogP contribution is 2.25. The molecule has 0 aliphatic rings. The summed E-state index contributed by atoms with van der Waals surface area (Å²) in [5.41, 5.74) is 1.50. The van der Waals surface area contributed by atoms with Crippen LogP contribution in [0.2, 0.25) is 0 Å². The van der Waals surface area contributed by atoms with E-state index in [2.05, 4.69) is 44.5 Å². The third-order valence-corrected chi connectivity index (χ3v) is 3.46. The lowest BCUT2D eigenvalue weighted by Gasteiger charge is -2.16. The van der Waals surface area contributed by atoms with Crippen molar-refractivity contribution in [3.8, 4) is 0 Å². The second-order valence-corrected chi connectivity index (χ2v) is 5.20. The molecular weight excluding hydrogens is 190 g/mol. The minimum Gasteiger partial charge on any atom is -0.315 e. The number of hydrogen-bond acceptors (Lipinski definition) is 2. The van der Waals surface area contributed by atoms with Crippen molar-refractivity contribution >= 4 is 11.3 Å². The van der Waals surface area contributed by atoms with E-state index in [0.29, 0.717) is 12.0 Å². The van der Waals surface area contributed by atoms with E-state index in [4.69, 9.17) is 0 Å². The Labute approximate surface area is 91.5 Å². The Morgan fingerprint density at radius 3 is 2.64 bits per heavy atom. The Balaban J connectivity index is 2.45. The lowest BCUT2D eigenvalue weighted by molar-refractivity contribution is 0.491. The first kappa shape index (κ1) is 11.7. The van der Waals surface area contributed by atoms with Gasteiger partial charge in [0.1, 0.15) is 0 Å². The fourth-order valence-electron chi connectivity index (χ4n) is 1.82. The average Bonchev–Trinajstić information content (AvgIpc) is 2.52. The molecule has 1 rings (SSSR count). The van der Waals surface area contributed by atoms with E-state index in [9.17, 15) is 0 Å². The van der Waals surface area contributed by atoms with Gasteiger partial charge in [-0.25, -0.2) is 0 Å². The highest BCUT2D eigenvalue weighted by Gasteiger charge is 2.10. The first-order chi connectivity index (χ1) is 6.63. The molecule has 0 fully saturated rings. The number of rotatable bonds is 5. The van der Waals surface area contributed by atoms with Crippen LogP contribution < -0.4 is 5.32 Å². The van der Waals surface area contributed by atoms with Crippen LogP contribution in [-0.2, 0) is 0 Å². The lowest BCUT2D eigenvalue weighted by atomic mass is 9.96. The summed E-state index contributed by atoms with van der Waals surface area (Å²) in [6.07, 6.45) is 1.23. The van der Waals surface area contributed by atoms with Gasteiger partial charge in [-0.3, -0.25) is 0 Å². The van der Waals surface area contributed by atoms with Gasteiger partial charge in [0.2, 0.25) is 0 Å². The molecule has 0 aliphatic carbocycles. The third kappa shape index (κ3) is 3.43. The quantitative estimate of drug-likeness (QED) is 0.785. The van der Waals surface area contributed by atoms with Crippen molar-refractivity contribution in [1.29, 1.82) is 0 Å². The molecule has 2 unspecified atom stereocenters. The van der Waals surface area contributed by atoms with Gasteiger partial charge in [0.25, 0.3) is 0 Å². The van der Waals surface area contributed by atoms with Crippen LogP contribution in [0, 0.1) is 6.92 Å². The Bertz CT molecular complexity index is 267. The number of aryl methyl sites for hydroxylation is 1. The van der Waals surface area contributed by atoms with E-state index < -0.39 is 0 Å². The molecule has 0 bridgehead atoms. The first-order valence-electron chi connectivity index (χ1n) is 5.42. The second kappa shape index (κ2) is 5.52. The SMILES string of the molecule is CCNC(C)CC(C)c1csc(C)c1. The van der Waals surface area contributed by atoms with Crippen molar-refractivity contribution < 1.29 is 0 Å². The molecule has 1 heterocycles. The Hall–Kier alpha value is -0.340. The van der Waals surface area contributed by atoms with Crippen LogP contribution >= 0.6 is 11.3 Å². The molecule has 1 aromatic rings. The molecule has 80 valence electrons. The molecule has 0 radical (unpaired) electrons. The van der Waals surface area contributed by atoms with E-state index in [1.165, 1.54) is 16.9 Å². The predicted octanol–water partition coefficient (Wildman–Crippen LogP) is 3.55. The van der Waals surface area contributed by atoms with Crippen LogP contribution in [0.3, 0.4) is 0 Å². The van der Waals surface area contributed by atoms with Crippen LogP contribution in [0.5, 0.6) is 0 Å². The summed E-state index contributed by atoms with van der Waals surface area (Å²) < 4.78 is 0. The molecule has 1 N–H and O–H groups in total. The molecule has 0 saturated heterocycles. The van der Waals surface area contributed by atoms with Crippen molar-refractivity contribution in [2.45, 2.75) is 46.1 Å². The van der Waals surface area contributed by atoms with Gasteiger partial charge in [0, 0.05) is 10.9 Å². The van der Waals surface area contributed by atoms with Gasteiger partial charge in [-0.15, -0.1) is 11.3 Å². The zero-order chi connectivity index (χ0) is 10.6. The molecular formula is C12H21NS. The zero-order valence-corrected chi connectivity index (χ0v) is 10.4. The summed E-state index contributed by atoms with van der Waals surface area (Å²) in [6, 6.07) is 2.93. The van der Waals surface area contributed by atoms with E-state index >= 15 is 0 Å². The standard InChI is InChI=1S/C12H21NS/c1-5-13-10(3)6-9(2)12-7-11(4)14-8-12/h7-10,13H,5-6H2,1-4H3. The highest BCUT2D eigenvalue weighted by molar-refractivity contribution is 7.10. The summed E-state index contributed by atoms with van der Waals surface area (Å²) in [6.45, 7) is 9.98. The van der Waals surface area contributed by atoms with Gasteiger partial charge in [0.05, 0.1) is 0 Å². The van der Waals surface area contributed by atoms with Crippen LogP contribution in [-0.4, -0.2) is 12.6 Å². The number of hydrogen-bond donors (Lipinski definition) is 1. The fraction of sp³-hybridized carbons (Fsp3) is 0.667. The topological polar surface area (TPSA) is 12.0 Å². The minimum absolute atomic E-state index is 0.621. The van der Waals surface area contributed by atoms with Gasteiger partial charge in [-0.2, -0.15) is 0 Å².